The first-order chi connectivity index (χ1) is 11.0. The molecule has 1 aliphatic rings. The van der Waals surface area contributed by atoms with Crippen LogP contribution in [-0.2, 0) is 17.6 Å². The molecule has 1 amide bonds. The van der Waals surface area contributed by atoms with E-state index in [-0.39, 0.29) is 17.7 Å². The van der Waals surface area contributed by atoms with Gasteiger partial charge in [-0.05, 0) is 18.1 Å². The van der Waals surface area contributed by atoms with Crippen LogP contribution in [0.15, 0.2) is 24.3 Å². The molecule has 0 aliphatic carbocycles. The highest BCUT2D eigenvalue weighted by Crippen LogP contribution is 2.39. The lowest BCUT2D eigenvalue weighted by atomic mass is 10.1. The molecule has 0 radical (unpaired) electrons. The van der Waals surface area contributed by atoms with Gasteiger partial charge in [-0.3, -0.25) is 9.59 Å². The summed E-state index contributed by atoms with van der Waals surface area (Å²) in [6.45, 7) is 5.17. The summed E-state index contributed by atoms with van der Waals surface area (Å²) >= 11 is 0. The number of benzene rings is 1. The van der Waals surface area contributed by atoms with Crippen molar-refractivity contribution in [2.75, 3.05) is 4.90 Å². The quantitative estimate of drug-likeness (QED) is 0.882. The van der Waals surface area contributed by atoms with Crippen molar-refractivity contribution in [1.29, 1.82) is 0 Å². The zero-order valence-corrected chi connectivity index (χ0v) is 13.7. The van der Waals surface area contributed by atoms with Crippen molar-refractivity contribution in [3.05, 3.63) is 47.0 Å². The number of hydrogen-bond acceptors (Lipinski definition) is 3. The number of para-hydroxylation sites is 1. The molecule has 0 bridgehead atoms. The van der Waals surface area contributed by atoms with Crippen LogP contribution in [0.2, 0.25) is 0 Å². The fraction of sp³-hybridized carbons (Fsp3) is 0.389. The van der Waals surface area contributed by atoms with Crippen LogP contribution >= 0.6 is 0 Å². The minimum atomic E-state index is -0.173. The van der Waals surface area contributed by atoms with E-state index in [0.29, 0.717) is 17.9 Å². The van der Waals surface area contributed by atoms with Gasteiger partial charge in [0.05, 0.1) is 11.7 Å². The number of nitrogens with zero attached hydrogens (tertiary/aromatic N) is 2. The maximum Gasteiger partial charge on any atom is 0.224 e. The molecule has 0 saturated heterocycles. The van der Waals surface area contributed by atoms with Crippen LogP contribution in [0, 0.1) is 0 Å². The third-order valence-corrected chi connectivity index (χ3v) is 4.27. The smallest absolute Gasteiger partial charge is 0.224 e. The van der Waals surface area contributed by atoms with E-state index in [1.807, 2.05) is 24.3 Å². The summed E-state index contributed by atoms with van der Waals surface area (Å²) in [4.78, 5) is 33.6. The highest BCUT2D eigenvalue weighted by molar-refractivity contribution is 5.95. The molecule has 0 fully saturated rings. The van der Waals surface area contributed by atoms with Crippen LogP contribution in [0.1, 0.15) is 60.8 Å². The van der Waals surface area contributed by atoms with Gasteiger partial charge in [0.1, 0.15) is 11.5 Å². The fourth-order valence-electron chi connectivity index (χ4n) is 3.29. The summed E-state index contributed by atoms with van der Waals surface area (Å²) < 4.78 is 0. The molecule has 1 aromatic carbocycles. The molecule has 23 heavy (non-hydrogen) atoms. The number of amides is 1. The van der Waals surface area contributed by atoms with Crippen molar-refractivity contribution in [3.63, 3.8) is 0 Å². The number of hydrogen-bond donors (Lipinski definition) is 1. The van der Waals surface area contributed by atoms with Crippen molar-refractivity contribution < 1.29 is 9.59 Å². The number of carbonyl (C=O) groups is 2. The van der Waals surface area contributed by atoms with Gasteiger partial charge < -0.3 is 9.88 Å². The molecule has 2 heterocycles. The van der Waals surface area contributed by atoms with Crippen molar-refractivity contribution in [1.82, 2.24) is 9.97 Å². The van der Waals surface area contributed by atoms with Crippen LogP contribution in [0.3, 0.4) is 0 Å². The lowest BCUT2D eigenvalue weighted by Gasteiger charge is -2.22. The number of H-pyrrole nitrogens is 1. The van der Waals surface area contributed by atoms with Gasteiger partial charge in [-0.2, -0.15) is 0 Å². The number of aryl methyl sites for hydroxylation is 1. The molecule has 0 saturated carbocycles. The van der Waals surface area contributed by atoms with Gasteiger partial charge in [-0.25, -0.2) is 4.98 Å². The average molecular weight is 311 g/mol. The first kappa shape index (κ1) is 15.5. The Bertz CT molecular complexity index is 763. The van der Waals surface area contributed by atoms with E-state index in [2.05, 4.69) is 16.9 Å². The summed E-state index contributed by atoms with van der Waals surface area (Å²) in [5, 5.41) is 0. The highest BCUT2D eigenvalue weighted by Gasteiger charge is 2.35. The Morgan fingerprint density at radius 1 is 1.30 bits per heavy atom. The molecule has 1 unspecified atom stereocenters. The molecular formula is C18H21N3O2. The third-order valence-electron chi connectivity index (χ3n) is 4.27. The maximum atomic E-state index is 12.2. The number of nitrogens with one attached hydrogen (secondary N) is 1. The van der Waals surface area contributed by atoms with Crippen LogP contribution in [-0.4, -0.2) is 21.7 Å². The molecular weight excluding hydrogens is 290 g/mol. The largest absolute Gasteiger partial charge is 0.338 e. The van der Waals surface area contributed by atoms with Gasteiger partial charge in [-0.1, -0.05) is 31.5 Å². The van der Waals surface area contributed by atoms with Gasteiger partial charge in [0.15, 0.2) is 5.78 Å². The van der Waals surface area contributed by atoms with E-state index in [9.17, 15) is 9.59 Å². The molecule has 1 atom stereocenters. The summed E-state index contributed by atoms with van der Waals surface area (Å²) in [5.74, 6) is 0.667. The molecule has 5 heteroatoms. The van der Waals surface area contributed by atoms with E-state index >= 15 is 0 Å². The van der Waals surface area contributed by atoms with Crippen molar-refractivity contribution >= 4 is 17.4 Å². The zero-order valence-electron chi connectivity index (χ0n) is 13.7. The number of anilines is 1. The van der Waals surface area contributed by atoms with E-state index in [0.717, 1.165) is 29.8 Å². The second kappa shape index (κ2) is 5.99. The van der Waals surface area contributed by atoms with Crippen LogP contribution in [0.4, 0.5) is 5.69 Å². The highest BCUT2D eigenvalue weighted by atomic mass is 16.2. The van der Waals surface area contributed by atoms with Gasteiger partial charge in [0.2, 0.25) is 5.91 Å². The third kappa shape index (κ3) is 2.67. The number of aromatic nitrogens is 2. The first-order valence-corrected chi connectivity index (χ1v) is 8.00. The van der Waals surface area contributed by atoms with Crippen LogP contribution in [0.5, 0.6) is 0 Å². The van der Waals surface area contributed by atoms with Crippen LogP contribution in [0.25, 0.3) is 0 Å². The van der Waals surface area contributed by atoms with E-state index in [1.54, 1.807) is 18.7 Å². The normalized spacial score (nSPS) is 16.5. The molecule has 1 aromatic heterocycles. The summed E-state index contributed by atoms with van der Waals surface area (Å²) in [5.41, 5.74) is 3.43. The van der Waals surface area contributed by atoms with Gasteiger partial charge in [-0.15, -0.1) is 0 Å². The lowest BCUT2D eigenvalue weighted by molar-refractivity contribution is -0.117. The number of aromatic amines is 1. The first-order valence-electron chi connectivity index (χ1n) is 8.00. The Morgan fingerprint density at radius 2 is 2.04 bits per heavy atom. The molecule has 1 N–H and O–H groups in total. The van der Waals surface area contributed by atoms with Crippen molar-refractivity contribution in [3.8, 4) is 0 Å². The second-order valence-electron chi connectivity index (χ2n) is 5.99. The Kier molecular flexibility index (Phi) is 4.03. The Balaban J connectivity index is 2.03. The average Bonchev–Trinajstić information content (AvgIpc) is 3.08. The molecule has 1 aliphatic heterocycles. The van der Waals surface area contributed by atoms with E-state index in [4.69, 9.17) is 0 Å². The standard InChI is InChI=1S/C18H21N3O2/c1-4-7-14-17(11(2)22)20-18(19-14)16-10-13-8-5-6-9-15(13)21(16)12(3)23/h5-6,8-9,16H,4,7,10H2,1-3H3,(H,19,20). The van der Waals surface area contributed by atoms with E-state index in [1.165, 1.54) is 0 Å². The SMILES string of the molecule is CCCc1nc(C2Cc3ccccc3N2C(C)=O)[nH]c1C(C)=O. The topological polar surface area (TPSA) is 66.1 Å². The van der Waals surface area contributed by atoms with Gasteiger partial charge >= 0.3 is 0 Å². The monoisotopic (exact) mass is 311 g/mol. The molecule has 120 valence electrons. The number of ketones is 1. The number of fused-ring (bicyclic) bond motifs is 1. The second-order valence-corrected chi connectivity index (χ2v) is 5.99. The maximum absolute atomic E-state index is 12.2. The Morgan fingerprint density at radius 3 is 2.70 bits per heavy atom. The molecule has 0 spiro atoms. The molecule has 2 aromatic rings. The number of Topliss-reactive ketones (excluding diaryl/α,β-unsaturated/α-hetero) is 1. The molecule has 5 nitrogen and oxygen atoms in total. The van der Waals surface area contributed by atoms with Crippen molar-refractivity contribution in [2.45, 2.75) is 46.1 Å². The van der Waals surface area contributed by atoms with Crippen LogP contribution < -0.4 is 4.90 Å². The van der Waals surface area contributed by atoms with Gasteiger partial charge in [0.25, 0.3) is 0 Å². The Hall–Kier alpha value is -2.43. The summed E-state index contributed by atoms with van der Waals surface area (Å²) in [6.07, 6.45) is 2.39. The fourth-order valence-corrected chi connectivity index (χ4v) is 3.29. The van der Waals surface area contributed by atoms with Gasteiger partial charge in [0, 0.05) is 26.0 Å². The lowest BCUT2D eigenvalue weighted by Crippen LogP contribution is -2.30. The minimum absolute atomic E-state index is 0.0160. The molecule has 3 rings (SSSR count). The zero-order chi connectivity index (χ0) is 16.6. The summed E-state index contributed by atoms with van der Waals surface area (Å²) in [7, 11) is 0. The van der Waals surface area contributed by atoms with Crippen molar-refractivity contribution in [2.24, 2.45) is 0 Å². The summed E-state index contributed by atoms with van der Waals surface area (Å²) in [6, 6.07) is 7.73. The number of imidazole rings is 1. The number of carbonyl (C=O) groups excluding carboxylic acids is 2. The number of rotatable bonds is 4. The predicted molar refractivity (Wildman–Crippen MR) is 88.6 cm³/mol. The van der Waals surface area contributed by atoms with E-state index < -0.39 is 0 Å². The Labute approximate surface area is 135 Å². The predicted octanol–water partition coefficient (Wildman–Crippen LogP) is 3.22. The minimum Gasteiger partial charge on any atom is -0.338 e.